The molecule has 0 saturated heterocycles. The van der Waals surface area contributed by atoms with Crippen LogP contribution < -0.4 is 15.4 Å². The van der Waals surface area contributed by atoms with Crippen LogP contribution in [0.4, 0.5) is 16.2 Å². The highest BCUT2D eigenvalue weighted by atomic mass is 32.2. The van der Waals surface area contributed by atoms with Gasteiger partial charge in [0, 0.05) is 17.3 Å². The lowest BCUT2D eigenvalue weighted by Crippen LogP contribution is -2.55. The summed E-state index contributed by atoms with van der Waals surface area (Å²) in [6.45, 7) is 7.11. The monoisotopic (exact) mass is 618 g/mol. The first-order chi connectivity index (χ1) is 19.5. The molecule has 2 aromatic carbocycles. The Hall–Kier alpha value is -3.78. The smallest absolute Gasteiger partial charge is 0.407 e. The zero-order chi connectivity index (χ0) is 31.0. The quantitative estimate of drug-likeness (QED) is 0.355. The summed E-state index contributed by atoms with van der Waals surface area (Å²) in [6, 6.07) is 10.1. The van der Waals surface area contributed by atoms with Crippen LogP contribution in [-0.2, 0) is 35.0 Å². The van der Waals surface area contributed by atoms with Crippen LogP contribution in [0.2, 0.25) is 0 Å². The number of rotatable bonds is 9. The molecule has 4 rings (SSSR count). The van der Waals surface area contributed by atoms with Crippen molar-refractivity contribution in [2.45, 2.75) is 56.9 Å². The zero-order valence-corrected chi connectivity index (χ0v) is 25.6. The van der Waals surface area contributed by atoms with E-state index >= 15 is 0 Å². The second-order valence-electron chi connectivity index (χ2n) is 11.3. The third-order valence-electron chi connectivity index (χ3n) is 7.03. The molecule has 0 aromatic heterocycles. The molecule has 0 saturated carbocycles. The molecule has 0 radical (unpaired) electrons. The van der Waals surface area contributed by atoms with E-state index in [4.69, 9.17) is 4.74 Å². The Morgan fingerprint density at radius 2 is 1.81 bits per heavy atom. The fraction of sp³-hybridized carbons (Fsp3) is 0.429. The van der Waals surface area contributed by atoms with Crippen molar-refractivity contribution < 1.29 is 36.0 Å². The highest BCUT2D eigenvalue weighted by Crippen LogP contribution is 2.43. The number of benzene rings is 2. The van der Waals surface area contributed by atoms with E-state index in [0.717, 1.165) is 12.3 Å². The highest BCUT2D eigenvalue weighted by Gasteiger charge is 2.54. The number of hydrogen-bond acceptors (Lipinski definition) is 9. The topological polar surface area (TPSA) is 177 Å². The van der Waals surface area contributed by atoms with Crippen molar-refractivity contribution in [3.05, 3.63) is 53.6 Å². The molecule has 0 bridgehead atoms. The van der Waals surface area contributed by atoms with Gasteiger partial charge in [-0.25, -0.2) is 13.2 Å². The second kappa shape index (κ2) is 11.5. The van der Waals surface area contributed by atoms with Crippen LogP contribution in [0.3, 0.4) is 0 Å². The van der Waals surface area contributed by atoms with E-state index in [1.54, 1.807) is 38.1 Å². The van der Waals surface area contributed by atoms with Crippen LogP contribution in [0, 0.1) is 11.8 Å². The van der Waals surface area contributed by atoms with E-state index in [-0.39, 0.29) is 52.7 Å². The average molecular weight is 619 g/mol. The maximum absolute atomic E-state index is 14.5. The molecule has 1 heterocycles. The normalized spacial score (nSPS) is 21.2. The summed E-state index contributed by atoms with van der Waals surface area (Å²) in [4.78, 5) is 40.5. The number of sulfonamides is 2. The predicted molar refractivity (Wildman–Crippen MR) is 158 cm³/mol. The first-order valence-corrected chi connectivity index (χ1v) is 16.7. The molecule has 2 aliphatic rings. The number of alkyl carbamates (subject to hydrolysis) is 1. The number of nitrogens with one attached hydrogen (secondary N) is 3. The summed E-state index contributed by atoms with van der Waals surface area (Å²) in [7, 11) is -8.14. The van der Waals surface area contributed by atoms with E-state index in [0.29, 0.717) is 12.0 Å². The van der Waals surface area contributed by atoms with Crippen molar-refractivity contribution in [2.75, 3.05) is 22.9 Å². The fourth-order valence-electron chi connectivity index (χ4n) is 5.11. The molecule has 1 aliphatic carbocycles. The van der Waals surface area contributed by atoms with Crippen LogP contribution >= 0.6 is 0 Å². The second-order valence-corrected chi connectivity index (χ2v) is 14.6. The van der Waals surface area contributed by atoms with Gasteiger partial charge in [-0.3, -0.25) is 14.3 Å². The van der Waals surface area contributed by atoms with Crippen LogP contribution in [0.25, 0.3) is 0 Å². The van der Waals surface area contributed by atoms with Gasteiger partial charge in [-0.1, -0.05) is 38.1 Å². The Morgan fingerprint density at radius 1 is 1.12 bits per heavy atom. The number of amidine groups is 1. The van der Waals surface area contributed by atoms with E-state index in [2.05, 4.69) is 19.8 Å². The van der Waals surface area contributed by atoms with Gasteiger partial charge in [0.2, 0.25) is 10.0 Å². The van der Waals surface area contributed by atoms with Gasteiger partial charge < -0.3 is 15.4 Å². The van der Waals surface area contributed by atoms with Gasteiger partial charge in [0.05, 0.1) is 17.4 Å². The number of hydrogen-bond donors (Lipinski definition) is 3. The average Bonchev–Trinajstić information content (AvgIpc) is 2.87. The molecule has 1 aliphatic heterocycles. The van der Waals surface area contributed by atoms with Crippen molar-refractivity contribution >= 4 is 54.9 Å². The summed E-state index contributed by atoms with van der Waals surface area (Å²) >= 11 is 0. The molecule has 2 atom stereocenters. The van der Waals surface area contributed by atoms with Crippen molar-refractivity contribution in [1.29, 1.82) is 0 Å². The lowest BCUT2D eigenvalue weighted by Gasteiger charge is -2.41. The van der Waals surface area contributed by atoms with Crippen molar-refractivity contribution in [3.63, 3.8) is 0 Å². The number of ketones is 2. The minimum absolute atomic E-state index is 0.00328. The zero-order valence-electron chi connectivity index (χ0n) is 23.9. The third kappa shape index (κ3) is 6.33. The molecule has 3 N–H and O–H groups in total. The van der Waals surface area contributed by atoms with Gasteiger partial charge >= 0.3 is 6.09 Å². The summed E-state index contributed by atoms with van der Waals surface area (Å²) in [5, 5.41) is 5.46. The lowest BCUT2D eigenvalue weighted by atomic mass is 9.62. The molecule has 42 heavy (non-hydrogen) atoms. The van der Waals surface area contributed by atoms with Gasteiger partial charge in [-0.15, -0.1) is 4.40 Å². The Balaban J connectivity index is 1.82. The fourth-order valence-corrected chi connectivity index (χ4v) is 6.84. The summed E-state index contributed by atoms with van der Waals surface area (Å²) in [5.74, 6) is -3.11. The molecule has 226 valence electrons. The minimum Gasteiger partial charge on any atom is -0.448 e. The van der Waals surface area contributed by atoms with Gasteiger partial charge in [0.1, 0.15) is 23.3 Å². The van der Waals surface area contributed by atoms with Crippen LogP contribution in [-0.4, -0.2) is 59.2 Å². The van der Waals surface area contributed by atoms with Crippen molar-refractivity contribution in [2.24, 2.45) is 16.2 Å². The van der Waals surface area contributed by atoms with E-state index in [1.807, 2.05) is 13.8 Å². The Labute approximate surface area is 245 Å². The number of Topliss-reactive ketones (excluding diaryl/α,β-unsaturated/α-hetero) is 2. The van der Waals surface area contributed by atoms with Gasteiger partial charge in [-0.05, 0) is 56.4 Å². The Morgan fingerprint density at radius 3 is 2.45 bits per heavy atom. The van der Waals surface area contributed by atoms with E-state index in [1.165, 1.54) is 12.1 Å². The number of ether oxygens (including phenoxy) is 1. The third-order valence-corrected chi connectivity index (χ3v) is 8.96. The first kappa shape index (κ1) is 31.2. The van der Waals surface area contributed by atoms with Crippen LogP contribution in [0.15, 0.2) is 51.8 Å². The van der Waals surface area contributed by atoms with E-state index in [9.17, 15) is 31.2 Å². The van der Waals surface area contributed by atoms with Crippen molar-refractivity contribution in [3.8, 4) is 0 Å². The molecule has 2 aromatic rings. The standard InChI is InChI=1S/C28H34N4O8S2/c1-16(2)12-13-28(15-40-27(35)29-17(3)4)20-9-7-6-8-19(20)24(33)23(25(28)34)26-30-21-11-10-18(31-41(5,36)37)14-22(21)42(38,39)32-26/h6-11,14,16-17,23,31H,12-13,15H2,1-5H3,(H,29,35)(H,30,32). The van der Waals surface area contributed by atoms with Crippen LogP contribution in [0.5, 0.6) is 0 Å². The van der Waals surface area contributed by atoms with Crippen molar-refractivity contribution in [1.82, 2.24) is 5.32 Å². The highest BCUT2D eigenvalue weighted by molar-refractivity contribution is 7.92. The number of nitrogens with zero attached hydrogens (tertiary/aromatic N) is 1. The summed E-state index contributed by atoms with van der Waals surface area (Å²) in [5.41, 5.74) is -0.808. The first-order valence-electron chi connectivity index (χ1n) is 13.4. The van der Waals surface area contributed by atoms with Gasteiger partial charge in [-0.2, -0.15) is 8.42 Å². The number of amides is 1. The maximum Gasteiger partial charge on any atom is 0.407 e. The number of anilines is 2. The minimum atomic E-state index is -4.45. The SMILES string of the molecule is CC(C)CCC1(COC(=O)NC(C)C)C(=O)C(C2=NS(=O)(=O)c3cc(NS(C)(=O)=O)ccc3N2)C(=O)c2ccccc21. The largest absolute Gasteiger partial charge is 0.448 e. The molecular weight excluding hydrogens is 584 g/mol. The Bertz CT molecular complexity index is 1680. The molecule has 14 heteroatoms. The number of carbonyl (C=O) groups is 3. The van der Waals surface area contributed by atoms with E-state index < -0.39 is 49.0 Å². The number of fused-ring (bicyclic) bond motifs is 2. The number of carbonyl (C=O) groups excluding carboxylic acids is 3. The molecule has 0 spiro atoms. The summed E-state index contributed by atoms with van der Waals surface area (Å²) < 4.78 is 61.5. The maximum atomic E-state index is 14.5. The predicted octanol–water partition coefficient (Wildman–Crippen LogP) is 3.46. The lowest BCUT2D eigenvalue weighted by molar-refractivity contribution is -0.128. The van der Waals surface area contributed by atoms with Gasteiger partial charge in [0.15, 0.2) is 11.6 Å². The molecule has 12 nitrogen and oxygen atoms in total. The Kier molecular flexibility index (Phi) is 8.52. The molecule has 0 fully saturated rings. The van der Waals surface area contributed by atoms with Gasteiger partial charge in [0.25, 0.3) is 10.0 Å². The molecule has 1 amide bonds. The molecule has 2 unspecified atom stereocenters. The van der Waals surface area contributed by atoms with Crippen LogP contribution in [0.1, 0.15) is 56.5 Å². The molecular formula is C28H34N4O8S2. The summed E-state index contributed by atoms with van der Waals surface area (Å²) in [6.07, 6.45) is 0.981.